The molecule has 1 atom stereocenters. The van der Waals surface area contributed by atoms with Gasteiger partial charge < -0.3 is 21.7 Å². The molecule has 4 rings (SSSR count). The van der Waals surface area contributed by atoms with Crippen LogP contribution in [0.2, 0.25) is 0 Å². The molecule has 0 heterocycles. The van der Waals surface area contributed by atoms with Gasteiger partial charge in [-0.3, -0.25) is 9.59 Å². The summed E-state index contributed by atoms with van der Waals surface area (Å²) in [7, 11) is 0. The third-order valence-corrected chi connectivity index (χ3v) is 6.85. The molecule has 4 aromatic rings. The summed E-state index contributed by atoms with van der Waals surface area (Å²) in [5, 5.41) is 21.2. The van der Waals surface area contributed by atoms with E-state index in [4.69, 9.17) is 5.73 Å². The monoisotopic (exact) mass is 578 g/mol. The van der Waals surface area contributed by atoms with Crippen LogP contribution in [0.4, 0.5) is 0 Å². The summed E-state index contributed by atoms with van der Waals surface area (Å²) in [6, 6.07) is 35.8. The molecule has 43 heavy (non-hydrogen) atoms. The number of nitrogens with zero attached hydrogens (tertiary/aromatic N) is 2. The average molecular weight is 579 g/mol. The van der Waals surface area contributed by atoms with Gasteiger partial charge in [0.25, 0.3) is 5.96 Å². The Bertz CT molecular complexity index is 1470. The highest BCUT2D eigenvalue weighted by Crippen LogP contribution is 2.25. The number of hydrazone groups is 1. The molecule has 0 aliphatic heterocycles. The number of hydrogen-bond donors (Lipinski definition) is 4. The van der Waals surface area contributed by atoms with E-state index in [-0.39, 0.29) is 37.3 Å². The molecule has 0 aliphatic carbocycles. The fraction of sp³-hybridized carbons (Fsp3) is 0.182. The zero-order chi connectivity index (χ0) is 30.4. The predicted octanol–water partition coefficient (Wildman–Crippen LogP) is 4.16. The van der Waals surface area contributed by atoms with E-state index >= 15 is 0 Å². The maximum absolute atomic E-state index is 13.7. The highest BCUT2D eigenvalue weighted by atomic mass is 16.7. The number of benzene rings is 4. The zero-order valence-corrected chi connectivity index (χ0v) is 23.6. The number of rotatable bonds is 13. The number of amides is 2. The number of hydrogen-bond acceptors (Lipinski definition) is 4. The van der Waals surface area contributed by atoms with Crippen molar-refractivity contribution in [3.05, 3.63) is 142 Å². The van der Waals surface area contributed by atoms with Gasteiger partial charge in [-0.25, -0.2) is 10.1 Å². The van der Waals surface area contributed by atoms with E-state index in [0.717, 1.165) is 27.8 Å². The Morgan fingerprint density at radius 1 is 0.744 bits per heavy atom. The summed E-state index contributed by atoms with van der Waals surface area (Å²) in [5.74, 6) is -1.61. The standard InChI is InChI=1S/C33H34N6O4/c34-33(38-39(42)43)35-22-10-17-29(31(40)36-23-24-18-20-26(21-19-24)25-11-4-1-5-12-25)37-32(41)30(27-13-6-2-7-14-27)28-15-8-3-9-16-28/h1-9,11-16,18-21,29-30H,10,17,22-23H2,(H,36,40)(H,37,41)(H3,34,35,38)/t29-/m1/s1. The molecule has 0 radical (unpaired) electrons. The zero-order valence-electron chi connectivity index (χ0n) is 23.6. The molecule has 10 nitrogen and oxygen atoms in total. The smallest absolute Gasteiger partial charge is 0.266 e. The first kappa shape index (κ1) is 30.4. The first-order valence-corrected chi connectivity index (χ1v) is 14.0. The summed E-state index contributed by atoms with van der Waals surface area (Å²) in [6.07, 6.45) is 0.652. The molecule has 0 fully saturated rings. The maximum Gasteiger partial charge on any atom is 0.266 e. The molecule has 0 bridgehead atoms. The van der Waals surface area contributed by atoms with E-state index in [0.29, 0.717) is 6.42 Å². The lowest BCUT2D eigenvalue weighted by molar-refractivity contribution is -0.485. The third-order valence-electron chi connectivity index (χ3n) is 6.85. The van der Waals surface area contributed by atoms with Crippen molar-refractivity contribution in [1.82, 2.24) is 16.0 Å². The minimum atomic E-state index is -0.890. The molecule has 2 amide bonds. The van der Waals surface area contributed by atoms with Crippen molar-refractivity contribution >= 4 is 17.8 Å². The fourth-order valence-electron chi connectivity index (χ4n) is 4.71. The molecule has 220 valence electrons. The van der Waals surface area contributed by atoms with Crippen LogP contribution in [0.25, 0.3) is 11.1 Å². The number of nitrogens with one attached hydrogen (secondary N) is 3. The highest BCUT2D eigenvalue weighted by Gasteiger charge is 2.27. The average Bonchev–Trinajstić information content (AvgIpc) is 3.03. The molecule has 0 spiro atoms. The second-order valence-corrected chi connectivity index (χ2v) is 9.89. The van der Waals surface area contributed by atoms with Crippen LogP contribution < -0.4 is 21.7 Å². The summed E-state index contributed by atoms with van der Waals surface area (Å²) in [4.78, 5) is 37.7. The van der Waals surface area contributed by atoms with Crippen LogP contribution in [0.3, 0.4) is 0 Å². The van der Waals surface area contributed by atoms with E-state index in [9.17, 15) is 19.7 Å². The molecule has 4 aromatic carbocycles. The van der Waals surface area contributed by atoms with Gasteiger partial charge >= 0.3 is 0 Å². The lowest BCUT2D eigenvalue weighted by atomic mass is 9.90. The Morgan fingerprint density at radius 3 is 1.84 bits per heavy atom. The quantitative estimate of drug-likeness (QED) is 0.0615. The topological polar surface area (TPSA) is 152 Å². The largest absolute Gasteiger partial charge is 0.365 e. The van der Waals surface area contributed by atoms with Gasteiger partial charge in [0.15, 0.2) is 5.03 Å². The Morgan fingerprint density at radius 2 is 1.28 bits per heavy atom. The molecular formula is C33H34N6O4. The van der Waals surface area contributed by atoms with Gasteiger partial charge in [-0.15, -0.1) is 0 Å². The van der Waals surface area contributed by atoms with Gasteiger partial charge in [0.05, 0.1) is 5.92 Å². The minimum absolute atomic E-state index is 0.227. The Balaban J connectivity index is 1.46. The normalized spacial score (nSPS) is 11.9. The molecule has 5 N–H and O–H groups in total. The van der Waals surface area contributed by atoms with E-state index < -0.39 is 17.0 Å². The first-order valence-electron chi connectivity index (χ1n) is 14.0. The molecule has 0 aliphatic rings. The number of nitrogens with two attached hydrogens (primary N) is 1. The van der Waals surface area contributed by atoms with Crippen LogP contribution in [-0.4, -0.2) is 35.4 Å². The summed E-state index contributed by atoms with van der Waals surface area (Å²) >= 11 is 0. The van der Waals surface area contributed by atoms with Gasteiger partial charge in [-0.2, -0.15) is 0 Å². The second-order valence-electron chi connectivity index (χ2n) is 9.89. The third kappa shape index (κ3) is 9.25. The van der Waals surface area contributed by atoms with E-state index in [1.54, 1.807) is 0 Å². The van der Waals surface area contributed by atoms with Crippen molar-refractivity contribution < 1.29 is 14.6 Å². The van der Waals surface area contributed by atoms with Crippen LogP contribution in [0.5, 0.6) is 0 Å². The maximum atomic E-state index is 13.7. The molecule has 0 saturated heterocycles. The van der Waals surface area contributed by atoms with Crippen LogP contribution in [-0.2, 0) is 16.1 Å². The number of guanidine groups is 1. The van der Waals surface area contributed by atoms with Gasteiger partial charge in [0, 0.05) is 13.1 Å². The Kier molecular flexibility index (Phi) is 11.0. The van der Waals surface area contributed by atoms with Gasteiger partial charge in [-0.05, 0) is 40.7 Å². The van der Waals surface area contributed by atoms with E-state index in [2.05, 4.69) is 21.1 Å². The van der Waals surface area contributed by atoms with Crippen LogP contribution in [0.1, 0.15) is 35.4 Å². The van der Waals surface area contributed by atoms with Crippen LogP contribution >= 0.6 is 0 Å². The molecular weight excluding hydrogens is 544 g/mol. The highest BCUT2D eigenvalue weighted by molar-refractivity contribution is 5.92. The van der Waals surface area contributed by atoms with E-state index in [1.165, 1.54) is 0 Å². The number of carbonyl (C=O) groups is 2. The van der Waals surface area contributed by atoms with Crippen molar-refractivity contribution in [2.75, 3.05) is 6.54 Å². The molecule has 10 heteroatoms. The van der Waals surface area contributed by atoms with Crippen molar-refractivity contribution in [2.24, 2.45) is 10.8 Å². The molecule has 0 unspecified atom stereocenters. The lowest BCUT2D eigenvalue weighted by Crippen LogP contribution is -2.48. The Hall–Kier alpha value is -5.51. The van der Waals surface area contributed by atoms with Gasteiger partial charge in [0.1, 0.15) is 11.1 Å². The lowest BCUT2D eigenvalue weighted by Gasteiger charge is -2.23. The predicted molar refractivity (Wildman–Crippen MR) is 166 cm³/mol. The summed E-state index contributed by atoms with van der Waals surface area (Å²) in [5.41, 5.74) is 10.2. The number of nitro groups is 1. The summed E-state index contributed by atoms with van der Waals surface area (Å²) < 4.78 is 0. The molecule has 0 saturated carbocycles. The summed E-state index contributed by atoms with van der Waals surface area (Å²) in [6.45, 7) is 0.506. The van der Waals surface area contributed by atoms with Crippen LogP contribution in [0, 0.1) is 10.1 Å². The number of carbonyl (C=O) groups excluding carboxylic acids is 2. The van der Waals surface area contributed by atoms with Gasteiger partial charge in [-0.1, -0.05) is 115 Å². The second kappa shape index (κ2) is 15.5. The van der Waals surface area contributed by atoms with Crippen molar-refractivity contribution in [3.8, 4) is 11.1 Å². The van der Waals surface area contributed by atoms with Crippen molar-refractivity contribution in [2.45, 2.75) is 31.3 Å². The Labute approximate surface area is 250 Å². The van der Waals surface area contributed by atoms with Gasteiger partial charge in [0.2, 0.25) is 11.8 Å². The van der Waals surface area contributed by atoms with Crippen molar-refractivity contribution in [3.63, 3.8) is 0 Å². The SMILES string of the molecule is N/C(=N/[N+](=O)[O-])NCCC[C@@H](NC(=O)C(c1ccccc1)c1ccccc1)C(=O)NCc1ccc(-c2ccccc2)cc1. The fourth-order valence-corrected chi connectivity index (χ4v) is 4.71. The van der Waals surface area contributed by atoms with E-state index in [1.807, 2.05) is 115 Å². The molecule has 0 aromatic heterocycles. The minimum Gasteiger partial charge on any atom is -0.365 e. The van der Waals surface area contributed by atoms with Crippen LogP contribution in [0.15, 0.2) is 120 Å². The first-order chi connectivity index (χ1) is 20.9. The van der Waals surface area contributed by atoms with Crippen molar-refractivity contribution in [1.29, 1.82) is 0 Å².